The molecule has 4 rings (SSSR count). The van der Waals surface area contributed by atoms with Gasteiger partial charge in [0.05, 0.1) is 16.6 Å². The summed E-state index contributed by atoms with van der Waals surface area (Å²) in [4.78, 5) is 23.8. The summed E-state index contributed by atoms with van der Waals surface area (Å²) < 4.78 is 28.1. The molecule has 1 fully saturated rings. The average Bonchev–Trinajstić information content (AvgIpc) is 2.80. The predicted molar refractivity (Wildman–Crippen MR) is 117 cm³/mol. The van der Waals surface area contributed by atoms with Gasteiger partial charge in [-0.3, -0.25) is 9.36 Å². The fourth-order valence-corrected chi connectivity index (χ4v) is 3.65. The molecule has 1 aromatic heterocycles. The third-order valence-electron chi connectivity index (χ3n) is 5.36. The SMILES string of the molecule is NC(=Nc1ccc2c(=O)n(CCc3ccc(F)cc3)c(CF)nc2c1)N1CCNCC1. The molecule has 2 heterocycles. The molecular weight excluding hydrogens is 402 g/mol. The molecule has 1 aliphatic heterocycles. The monoisotopic (exact) mass is 426 g/mol. The zero-order chi connectivity index (χ0) is 21.8. The average molecular weight is 426 g/mol. The summed E-state index contributed by atoms with van der Waals surface area (Å²) in [6.45, 7) is 2.60. The molecule has 2 aromatic carbocycles. The molecule has 3 N–H and O–H groups in total. The van der Waals surface area contributed by atoms with Crippen LogP contribution >= 0.6 is 0 Å². The molecule has 0 bridgehead atoms. The minimum Gasteiger partial charge on any atom is -0.369 e. The van der Waals surface area contributed by atoms with Crippen LogP contribution in [0.4, 0.5) is 14.5 Å². The van der Waals surface area contributed by atoms with Crippen molar-refractivity contribution in [1.29, 1.82) is 0 Å². The lowest BCUT2D eigenvalue weighted by atomic mass is 10.1. The van der Waals surface area contributed by atoms with E-state index in [0.29, 0.717) is 29.0 Å². The minimum atomic E-state index is -0.870. The number of alkyl halides is 1. The number of nitrogens with two attached hydrogens (primary N) is 1. The van der Waals surface area contributed by atoms with Crippen LogP contribution in [0.3, 0.4) is 0 Å². The summed E-state index contributed by atoms with van der Waals surface area (Å²) in [5, 5.41) is 3.64. The van der Waals surface area contributed by atoms with Crippen molar-refractivity contribution in [2.45, 2.75) is 19.6 Å². The van der Waals surface area contributed by atoms with Crippen molar-refractivity contribution in [2.24, 2.45) is 10.7 Å². The molecule has 3 aromatic rings. The third kappa shape index (κ3) is 4.72. The van der Waals surface area contributed by atoms with Gasteiger partial charge >= 0.3 is 0 Å². The van der Waals surface area contributed by atoms with Crippen molar-refractivity contribution in [3.63, 3.8) is 0 Å². The largest absolute Gasteiger partial charge is 0.369 e. The maximum absolute atomic E-state index is 13.7. The van der Waals surface area contributed by atoms with E-state index in [1.807, 2.05) is 4.90 Å². The second-order valence-corrected chi connectivity index (χ2v) is 7.40. The van der Waals surface area contributed by atoms with Gasteiger partial charge in [-0.15, -0.1) is 0 Å². The molecule has 0 atom stereocenters. The Kier molecular flexibility index (Phi) is 6.22. The van der Waals surface area contributed by atoms with Crippen LogP contribution in [0.25, 0.3) is 10.9 Å². The van der Waals surface area contributed by atoms with Gasteiger partial charge in [-0.2, -0.15) is 0 Å². The molecular formula is C22H24F2N6O. The van der Waals surface area contributed by atoms with Crippen LogP contribution in [0.5, 0.6) is 0 Å². The number of aryl methyl sites for hydroxylation is 1. The zero-order valence-corrected chi connectivity index (χ0v) is 17.0. The highest BCUT2D eigenvalue weighted by Gasteiger charge is 2.14. The molecule has 0 amide bonds. The van der Waals surface area contributed by atoms with Gasteiger partial charge in [-0.1, -0.05) is 12.1 Å². The molecule has 0 unspecified atom stereocenters. The highest BCUT2D eigenvalue weighted by atomic mass is 19.1. The quantitative estimate of drug-likeness (QED) is 0.482. The van der Waals surface area contributed by atoms with E-state index in [4.69, 9.17) is 5.73 Å². The molecule has 0 aliphatic carbocycles. The number of hydrogen-bond acceptors (Lipinski definition) is 4. The van der Waals surface area contributed by atoms with Gasteiger partial charge in [0, 0.05) is 32.7 Å². The van der Waals surface area contributed by atoms with E-state index in [9.17, 15) is 13.6 Å². The van der Waals surface area contributed by atoms with Crippen LogP contribution in [-0.2, 0) is 19.6 Å². The number of rotatable bonds is 5. The van der Waals surface area contributed by atoms with Gasteiger partial charge in [0.15, 0.2) is 5.96 Å². The number of guanidine groups is 1. The zero-order valence-electron chi connectivity index (χ0n) is 17.0. The molecule has 0 spiro atoms. The van der Waals surface area contributed by atoms with Crippen molar-refractivity contribution in [3.05, 3.63) is 70.0 Å². The Morgan fingerprint density at radius 3 is 2.61 bits per heavy atom. The number of halogens is 2. The molecule has 1 saturated heterocycles. The number of hydrogen-bond donors (Lipinski definition) is 2. The maximum Gasteiger partial charge on any atom is 0.261 e. The number of aromatic nitrogens is 2. The first-order valence-electron chi connectivity index (χ1n) is 10.2. The lowest BCUT2D eigenvalue weighted by Crippen LogP contribution is -2.49. The standard InChI is InChI=1S/C22H24F2N6O/c23-14-20-28-19-13-17(27-22(25)29-11-8-26-9-12-29)5-6-18(19)21(31)30(20)10-7-15-1-3-16(24)4-2-15/h1-6,13,26H,7-12,14H2,(H2,25,27). The van der Waals surface area contributed by atoms with Crippen molar-refractivity contribution in [3.8, 4) is 0 Å². The highest BCUT2D eigenvalue weighted by Crippen LogP contribution is 2.19. The summed E-state index contributed by atoms with van der Waals surface area (Å²) in [5.41, 5.74) is 7.59. The normalized spacial score (nSPS) is 14.9. The van der Waals surface area contributed by atoms with Gasteiger partial charge < -0.3 is 16.0 Å². The molecule has 162 valence electrons. The van der Waals surface area contributed by atoms with Gasteiger partial charge in [-0.25, -0.2) is 18.8 Å². The maximum atomic E-state index is 13.7. The Morgan fingerprint density at radius 1 is 1.16 bits per heavy atom. The molecule has 0 radical (unpaired) electrons. The molecule has 1 aliphatic rings. The topological polar surface area (TPSA) is 88.5 Å². The molecule has 0 saturated carbocycles. The fourth-order valence-electron chi connectivity index (χ4n) is 3.65. The first-order chi connectivity index (χ1) is 15.0. The smallest absolute Gasteiger partial charge is 0.261 e. The summed E-state index contributed by atoms with van der Waals surface area (Å²) in [5.74, 6) is 0.129. The number of fused-ring (bicyclic) bond motifs is 1. The Morgan fingerprint density at radius 2 is 1.90 bits per heavy atom. The summed E-state index contributed by atoms with van der Waals surface area (Å²) >= 11 is 0. The number of benzene rings is 2. The van der Waals surface area contributed by atoms with E-state index in [1.165, 1.54) is 16.7 Å². The number of nitrogens with zero attached hydrogens (tertiary/aromatic N) is 4. The first-order valence-corrected chi connectivity index (χ1v) is 10.2. The molecule has 31 heavy (non-hydrogen) atoms. The Labute approximate surface area is 178 Å². The van der Waals surface area contributed by atoms with Crippen LogP contribution in [0, 0.1) is 5.82 Å². The minimum absolute atomic E-state index is 0.0517. The van der Waals surface area contributed by atoms with Gasteiger partial charge in [0.2, 0.25) is 0 Å². The predicted octanol–water partition coefficient (Wildman–Crippen LogP) is 2.10. The summed E-state index contributed by atoms with van der Waals surface area (Å²) in [7, 11) is 0. The van der Waals surface area contributed by atoms with Crippen LogP contribution < -0.4 is 16.6 Å². The molecule has 9 heteroatoms. The van der Waals surface area contributed by atoms with Gasteiger partial charge in [0.1, 0.15) is 18.3 Å². The third-order valence-corrected chi connectivity index (χ3v) is 5.36. The van der Waals surface area contributed by atoms with E-state index in [-0.39, 0.29) is 23.7 Å². The highest BCUT2D eigenvalue weighted by molar-refractivity contribution is 5.85. The van der Waals surface area contributed by atoms with E-state index < -0.39 is 6.67 Å². The van der Waals surface area contributed by atoms with Crippen LogP contribution in [0.2, 0.25) is 0 Å². The van der Waals surface area contributed by atoms with Crippen LogP contribution in [0.1, 0.15) is 11.4 Å². The van der Waals surface area contributed by atoms with Crippen molar-refractivity contribution in [2.75, 3.05) is 26.2 Å². The van der Waals surface area contributed by atoms with Gasteiger partial charge in [0.25, 0.3) is 5.56 Å². The summed E-state index contributed by atoms with van der Waals surface area (Å²) in [6, 6.07) is 11.0. The Bertz CT molecular complexity index is 1150. The number of nitrogens with one attached hydrogen (secondary N) is 1. The van der Waals surface area contributed by atoms with Crippen molar-refractivity contribution < 1.29 is 8.78 Å². The van der Waals surface area contributed by atoms with E-state index in [2.05, 4.69) is 15.3 Å². The number of aliphatic imine (C=N–C) groups is 1. The number of piperazine rings is 1. The van der Waals surface area contributed by atoms with Crippen molar-refractivity contribution >= 4 is 22.5 Å². The first kappa shape index (κ1) is 20.9. The van der Waals surface area contributed by atoms with E-state index >= 15 is 0 Å². The second-order valence-electron chi connectivity index (χ2n) is 7.40. The van der Waals surface area contributed by atoms with Crippen LogP contribution in [-0.4, -0.2) is 46.6 Å². The Balaban J connectivity index is 1.62. The van der Waals surface area contributed by atoms with Crippen LogP contribution in [0.15, 0.2) is 52.3 Å². The summed E-state index contributed by atoms with van der Waals surface area (Å²) in [6.07, 6.45) is 0.462. The lowest BCUT2D eigenvalue weighted by Gasteiger charge is -2.28. The van der Waals surface area contributed by atoms with Crippen molar-refractivity contribution in [1.82, 2.24) is 19.8 Å². The second kappa shape index (κ2) is 9.22. The molecule has 7 nitrogen and oxygen atoms in total. The lowest BCUT2D eigenvalue weighted by molar-refractivity contribution is 0.354. The van der Waals surface area contributed by atoms with E-state index in [0.717, 1.165) is 31.7 Å². The Hall–Kier alpha value is -3.33. The van der Waals surface area contributed by atoms with Gasteiger partial charge in [-0.05, 0) is 42.3 Å². The fraction of sp³-hybridized carbons (Fsp3) is 0.318. The van der Waals surface area contributed by atoms with E-state index in [1.54, 1.807) is 30.3 Å².